The van der Waals surface area contributed by atoms with Gasteiger partial charge in [0, 0.05) is 25.2 Å². The van der Waals surface area contributed by atoms with E-state index in [1.807, 2.05) is 0 Å². The standard InChI is InChI=1S/C19H22FN3O7S/c1-4-22(5-2)31(27,28)14-7-9-17(29-3)15(11-14)21-19(24)12-30-18-10-13(20)6-8-16(18)23(25)26/h6-11H,4-5,12H2,1-3H3,(H,21,24). The molecule has 0 spiro atoms. The molecular formula is C19H22FN3O7S. The highest BCUT2D eigenvalue weighted by molar-refractivity contribution is 7.89. The van der Waals surface area contributed by atoms with E-state index < -0.39 is 44.7 Å². The van der Waals surface area contributed by atoms with Gasteiger partial charge in [-0.2, -0.15) is 4.31 Å². The number of methoxy groups -OCH3 is 1. The zero-order valence-electron chi connectivity index (χ0n) is 17.1. The SMILES string of the molecule is CCN(CC)S(=O)(=O)c1ccc(OC)c(NC(=O)COc2cc(F)ccc2[N+](=O)[O-])c1. The van der Waals surface area contributed by atoms with E-state index in [-0.39, 0.29) is 29.4 Å². The van der Waals surface area contributed by atoms with E-state index in [1.54, 1.807) is 13.8 Å². The van der Waals surface area contributed by atoms with Crippen molar-refractivity contribution in [2.24, 2.45) is 0 Å². The molecule has 2 rings (SSSR count). The maximum Gasteiger partial charge on any atom is 0.311 e. The quantitative estimate of drug-likeness (QED) is 0.431. The molecular weight excluding hydrogens is 433 g/mol. The second-order valence-electron chi connectivity index (χ2n) is 6.16. The van der Waals surface area contributed by atoms with Gasteiger partial charge < -0.3 is 14.8 Å². The van der Waals surface area contributed by atoms with Gasteiger partial charge in [0.1, 0.15) is 11.6 Å². The average Bonchev–Trinajstić information content (AvgIpc) is 2.72. The van der Waals surface area contributed by atoms with Crippen LogP contribution in [-0.2, 0) is 14.8 Å². The summed E-state index contributed by atoms with van der Waals surface area (Å²) in [6.45, 7) is 3.27. The number of nitro benzene ring substituents is 1. The van der Waals surface area contributed by atoms with Crippen molar-refractivity contribution in [3.8, 4) is 11.5 Å². The molecule has 0 unspecified atom stereocenters. The van der Waals surface area contributed by atoms with Crippen molar-refractivity contribution in [3.05, 3.63) is 52.3 Å². The molecule has 2 aromatic carbocycles. The van der Waals surface area contributed by atoms with Crippen molar-refractivity contribution < 1.29 is 32.0 Å². The fourth-order valence-electron chi connectivity index (χ4n) is 2.74. The highest BCUT2D eigenvalue weighted by Gasteiger charge is 2.23. The molecule has 12 heteroatoms. The number of ether oxygens (including phenoxy) is 2. The number of nitrogens with zero attached hydrogens (tertiary/aromatic N) is 2. The molecule has 2 aromatic rings. The van der Waals surface area contributed by atoms with Crippen LogP contribution in [0.1, 0.15) is 13.8 Å². The summed E-state index contributed by atoms with van der Waals surface area (Å²) in [6.07, 6.45) is 0. The maximum absolute atomic E-state index is 13.4. The lowest BCUT2D eigenvalue weighted by Crippen LogP contribution is -2.30. The number of nitro groups is 1. The van der Waals surface area contributed by atoms with Gasteiger partial charge in [0.15, 0.2) is 6.61 Å². The second kappa shape index (κ2) is 10.2. The normalized spacial score (nSPS) is 11.3. The Morgan fingerprint density at radius 2 is 1.84 bits per heavy atom. The summed E-state index contributed by atoms with van der Waals surface area (Å²) in [5.74, 6) is -1.74. The topological polar surface area (TPSA) is 128 Å². The van der Waals surface area contributed by atoms with Crippen LogP contribution in [0.25, 0.3) is 0 Å². The molecule has 0 bridgehead atoms. The molecule has 10 nitrogen and oxygen atoms in total. The zero-order chi connectivity index (χ0) is 23.2. The summed E-state index contributed by atoms with van der Waals surface area (Å²) in [6, 6.07) is 6.61. The van der Waals surface area contributed by atoms with Gasteiger partial charge in [-0.3, -0.25) is 14.9 Å². The van der Waals surface area contributed by atoms with E-state index in [2.05, 4.69) is 5.32 Å². The number of sulfonamides is 1. The molecule has 31 heavy (non-hydrogen) atoms. The number of carbonyl (C=O) groups is 1. The van der Waals surface area contributed by atoms with Crippen molar-refractivity contribution in [1.29, 1.82) is 0 Å². The predicted molar refractivity (Wildman–Crippen MR) is 110 cm³/mol. The lowest BCUT2D eigenvalue weighted by atomic mass is 10.3. The molecule has 0 aliphatic heterocycles. The predicted octanol–water partition coefficient (Wildman–Crippen LogP) is 2.79. The number of hydrogen-bond acceptors (Lipinski definition) is 7. The van der Waals surface area contributed by atoms with Crippen LogP contribution in [0.15, 0.2) is 41.3 Å². The summed E-state index contributed by atoms with van der Waals surface area (Å²) < 4.78 is 50.3. The van der Waals surface area contributed by atoms with E-state index in [4.69, 9.17) is 9.47 Å². The number of rotatable bonds is 10. The molecule has 1 N–H and O–H groups in total. The van der Waals surface area contributed by atoms with Crippen LogP contribution in [0.3, 0.4) is 0 Å². The first-order valence-electron chi connectivity index (χ1n) is 9.18. The molecule has 0 atom stereocenters. The van der Waals surface area contributed by atoms with Crippen LogP contribution in [-0.4, -0.2) is 50.4 Å². The molecule has 0 saturated heterocycles. The van der Waals surface area contributed by atoms with Gasteiger partial charge in [0.2, 0.25) is 15.8 Å². The zero-order valence-corrected chi connectivity index (χ0v) is 17.9. The van der Waals surface area contributed by atoms with Gasteiger partial charge in [0.05, 0.1) is 22.6 Å². The van der Waals surface area contributed by atoms with Gasteiger partial charge in [-0.1, -0.05) is 13.8 Å². The monoisotopic (exact) mass is 455 g/mol. The summed E-state index contributed by atoms with van der Waals surface area (Å²) in [5, 5.41) is 13.5. The van der Waals surface area contributed by atoms with Crippen LogP contribution >= 0.6 is 0 Å². The summed E-state index contributed by atoms with van der Waals surface area (Å²) in [7, 11) is -2.44. The first kappa shape index (κ1) is 24.0. The van der Waals surface area contributed by atoms with Crippen molar-refractivity contribution in [1.82, 2.24) is 4.31 Å². The minimum Gasteiger partial charge on any atom is -0.495 e. The fraction of sp³-hybridized carbons (Fsp3) is 0.316. The van der Waals surface area contributed by atoms with Crippen LogP contribution in [0.4, 0.5) is 15.8 Å². The molecule has 0 aromatic heterocycles. The number of halogens is 1. The van der Waals surface area contributed by atoms with Crippen molar-refractivity contribution in [3.63, 3.8) is 0 Å². The van der Waals surface area contributed by atoms with Crippen molar-refractivity contribution in [2.75, 3.05) is 32.1 Å². The average molecular weight is 455 g/mol. The molecule has 0 heterocycles. The number of anilines is 1. The van der Waals surface area contributed by atoms with Crippen LogP contribution in [0.5, 0.6) is 11.5 Å². The van der Waals surface area contributed by atoms with Gasteiger partial charge in [0.25, 0.3) is 5.91 Å². The Labute approximate surface area is 178 Å². The number of carbonyl (C=O) groups excluding carboxylic acids is 1. The molecule has 0 aliphatic carbocycles. The molecule has 1 amide bonds. The Balaban J connectivity index is 2.23. The summed E-state index contributed by atoms with van der Waals surface area (Å²) >= 11 is 0. The molecule has 0 radical (unpaired) electrons. The highest BCUT2D eigenvalue weighted by Crippen LogP contribution is 2.30. The third kappa shape index (κ3) is 5.67. The first-order valence-corrected chi connectivity index (χ1v) is 10.6. The third-order valence-electron chi connectivity index (χ3n) is 4.27. The van der Waals surface area contributed by atoms with E-state index in [0.717, 1.165) is 18.2 Å². The minimum absolute atomic E-state index is 0.0472. The Morgan fingerprint density at radius 1 is 1.16 bits per heavy atom. The Bertz CT molecular complexity index is 1070. The van der Waals surface area contributed by atoms with E-state index >= 15 is 0 Å². The lowest BCUT2D eigenvalue weighted by Gasteiger charge is -2.19. The van der Waals surface area contributed by atoms with Crippen molar-refractivity contribution in [2.45, 2.75) is 18.7 Å². The number of amides is 1. The van der Waals surface area contributed by atoms with Crippen LogP contribution < -0.4 is 14.8 Å². The smallest absolute Gasteiger partial charge is 0.311 e. The maximum atomic E-state index is 13.4. The molecule has 0 fully saturated rings. The highest BCUT2D eigenvalue weighted by atomic mass is 32.2. The first-order chi connectivity index (χ1) is 14.6. The van der Waals surface area contributed by atoms with Gasteiger partial charge >= 0.3 is 5.69 Å². The van der Waals surface area contributed by atoms with Crippen LogP contribution in [0.2, 0.25) is 0 Å². The van der Waals surface area contributed by atoms with E-state index in [1.165, 1.54) is 29.6 Å². The second-order valence-corrected chi connectivity index (χ2v) is 8.10. The third-order valence-corrected chi connectivity index (χ3v) is 6.31. The summed E-state index contributed by atoms with van der Waals surface area (Å²) in [4.78, 5) is 22.5. The van der Waals surface area contributed by atoms with Crippen molar-refractivity contribution >= 4 is 27.3 Å². The Hall–Kier alpha value is -3.25. The molecule has 168 valence electrons. The lowest BCUT2D eigenvalue weighted by molar-refractivity contribution is -0.385. The fourth-order valence-corrected chi connectivity index (χ4v) is 4.23. The Morgan fingerprint density at radius 3 is 2.42 bits per heavy atom. The largest absolute Gasteiger partial charge is 0.495 e. The van der Waals surface area contributed by atoms with Gasteiger partial charge in [-0.05, 0) is 24.3 Å². The van der Waals surface area contributed by atoms with E-state index in [9.17, 15) is 27.7 Å². The van der Waals surface area contributed by atoms with Crippen LogP contribution in [0, 0.1) is 15.9 Å². The van der Waals surface area contributed by atoms with Gasteiger partial charge in [-0.15, -0.1) is 0 Å². The van der Waals surface area contributed by atoms with Gasteiger partial charge in [-0.25, -0.2) is 12.8 Å². The number of nitrogens with one attached hydrogen (secondary N) is 1. The summed E-state index contributed by atoms with van der Waals surface area (Å²) in [5.41, 5.74) is -0.433. The Kier molecular flexibility index (Phi) is 7.89. The molecule has 0 aliphatic rings. The number of hydrogen-bond donors (Lipinski definition) is 1. The molecule has 0 saturated carbocycles. The minimum atomic E-state index is -3.78. The number of benzene rings is 2. The van der Waals surface area contributed by atoms with E-state index in [0.29, 0.717) is 0 Å².